The van der Waals surface area contributed by atoms with E-state index in [4.69, 9.17) is 18.9 Å². The Hall–Kier alpha value is -3.42. The number of nitrogens with zero attached hydrogens (tertiary/aromatic N) is 1. The van der Waals surface area contributed by atoms with Gasteiger partial charge < -0.3 is 29.2 Å². The van der Waals surface area contributed by atoms with Gasteiger partial charge in [0.05, 0.1) is 46.1 Å². The molecular weight excluding hydrogens is 400 g/mol. The molecule has 1 aliphatic rings. The lowest BCUT2D eigenvalue weighted by molar-refractivity contribution is -0.126. The lowest BCUT2D eigenvalue weighted by atomic mass is 10.0. The summed E-state index contributed by atoms with van der Waals surface area (Å²) in [5.41, 5.74) is 1.42. The van der Waals surface area contributed by atoms with E-state index in [9.17, 15) is 9.59 Å². The van der Waals surface area contributed by atoms with Gasteiger partial charge in [-0.2, -0.15) is 0 Å². The van der Waals surface area contributed by atoms with E-state index in [0.717, 1.165) is 5.56 Å². The standard InChI is InChI=1S/C23H28N2O6/c1-14(18-8-6-17(29-3)12-21(18)31-5)24-23(27)15-10-22(26)25(13-15)19-11-16(28-2)7-9-20(19)30-4/h6-9,11-12,14-15H,10,13H2,1-5H3,(H,24,27). The number of methoxy groups -OCH3 is 4. The first-order chi connectivity index (χ1) is 14.9. The van der Waals surface area contributed by atoms with Crippen molar-refractivity contribution in [2.24, 2.45) is 5.92 Å². The molecule has 2 unspecified atom stereocenters. The molecular formula is C23H28N2O6. The number of rotatable bonds is 8. The van der Waals surface area contributed by atoms with Crippen LogP contribution in [0.1, 0.15) is 24.9 Å². The quantitative estimate of drug-likeness (QED) is 0.696. The van der Waals surface area contributed by atoms with Crippen molar-refractivity contribution in [2.75, 3.05) is 39.9 Å². The minimum atomic E-state index is -0.477. The van der Waals surface area contributed by atoms with E-state index >= 15 is 0 Å². The summed E-state index contributed by atoms with van der Waals surface area (Å²) in [6, 6.07) is 10.4. The van der Waals surface area contributed by atoms with Crippen LogP contribution in [0, 0.1) is 5.92 Å². The zero-order valence-electron chi connectivity index (χ0n) is 18.4. The number of anilines is 1. The zero-order chi connectivity index (χ0) is 22.5. The summed E-state index contributed by atoms with van der Waals surface area (Å²) in [4.78, 5) is 27.2. The number of hydrogen-bond acceptors (Lipinski definition) is 6. The molecule has 0 radical (unpaired) electrons. The highest BCUT2D eigenvalue weighted by molar-refractivity contribution is 6.01. The molecule has 1 saturated heterocycles. The molecule has 166 valence electrons. The highest BCUT2D eigenvalue weighted by atomic mass is 16.5. The van der Waals surface area contributed by atoms with Crippen LogP contribution in [0.2, 0.25) is 0 Å². The Morgan fingerprint density at radius 1 is 0.968 bits per heavy atom. The van der Waals surface area contributed by atoms with Gasteiger partial charge in [0.1, 0.15) is 23.0 Å². The van der Waals surface area contributed by atoms with E-state index in [1.165, 1.54) is 0 Å². The zero-order valence-corrected chi connectivity index (χ0v) is 18.4. The van der Waals surface area contributed by atoms with Crippen LogP contribution >= 0.6 is 0 Å². The second-order valence-corrected chi connectivity index (χ2v) is 7.28. The van der Waals surface area contributed by atoms with Crippen molar-refractivity contribution in [1.82, 2.24) is 5.32 Å². The molecule has 0 bridgehead atoms. The van der Waals surface area contributed by atoms with Crippen molar-refractivity contribution in [3.8, 4) is 23.0 Å². The normalized spacial score (nSPS) is 16.6. The van der Waals surface area contributed by atoms with Crippen LogP contribution in [0.4, 0.5) is 5.69 Å². The summed E-state index contributed by atoms with van der Waals surface area (Å²) in [5, 5.41) is 3.00. The van der Waals surface area contributed by atoms with Gasteiger partial charge in [-0.05, 0) is 31.2 Å². The highest BCUT2D eigenvalue weighted by Crippen LogP contribution is 2.36. The summed E-state index contributed by atoms with van der Waals surface area (Å²) in [5.74, 6) is 1.64. The Morgan fingerprint density at radius 2 is 1.61 bits per heavy atom. The molecule has 0 saturated carbocycles. The summed E-state index contributed by atoms with van der Waals surface area (Å²) in [7, 11) is 6.25. The Morgan fingerprint density at radius 3 is 2.26 bits per heavy atom. The van der Waals surface area contributed by atoms with Crippen molar-refractivity contribution in [3.63, 3.8) is 0 Å². The smallest absolute Gasteiger partial charge is 0.227 e. The monoisotopic (exact) mass is 428 g/mol. The Bertz CT molecular complexity index is 961. The van der Waals surface area contributed by atoms with Gasteiger partial charge in [-0.3, -0.25) is 9.59 Å². The van der Waals surface area contributed by atoms with E-state index in [1.807, 2.05) is 19.1 Å². The predicted molar refractivity (Wildman–Crippen MR) is 116 cm³/mol. The molecule has 1 fully saturated rings. The van der Waals surface area contributed by atoms with Crippen LogP contribution in [0.5, 0.6) is 23.0 Å². The molecule has 8 heteroatoms. The van der Waals surface area contributed by atoms with Crippen LogP contribution in [-0.4, -0.2) is 46.8 Å². The summed E-state index contributed by atoms with van der Waals surface area (Å²) in [6.45, 7) is 2.14. The number of carbonyl (C=O) groups is 2. The van der Waals surface area contributed by atoms with Crippen molar-refractivity contribution in [1.29, 1.82) is 0 Å². The molecule has 3 rings (SSSR count). The summed E-state index contributed by atoms with van der Waals surface area (Å²) in [6.07, 6.45) is 0.124. The molecule has 1 N–H and O–H groups in total. The molecule has 0 aromatic heterocycles. The van der Waals surface area contributed by atoms with Crippen LogP contribution in [0.15, 0.2) is 36.4 Å². The van der Waals surface area contributed by atoms with E-state index in [2.05, 4.69) is 5.32 Å². The minimum Gasteiger partial charge on any atom is -0.497 e. The van der Waals surface area contributed by atoms with E-state index in [-0.39, 0.29) is 30.8 Å². The van der Waals surface area contributed by atoms with Crippen LogP contribution in [0.3, 0.4) is 0 Å². The Balaban J connectivity index is 1.74. The van der Waals surface area contributed by atoms with Crippen LogP contribution in [0.25, 0.3) is 0 Å². The molecule has 8 nitrogen and oxygen atoms in total. The average molecular weight is 428 g/mol. The van der Waals surface area contributed by atoms with Gasteiger partial charge in [0.15, 0.2) is 0 Å². The third-order valence-corrected chi connectivity index (χ3v) is 5.44. The second kappa shape index (κ2) is 9.59. The van der Waals surface area contributed by atoms with E-state index in [0.29, 0.717) is 28.7 Å². The highest BCUT2D eigenvalue weighted by Gasteiger charge is 2.37. The third-order valence-electron chi connectivity index (χ3n) is 5.44. The molecule has 0 spiro atoms. The molecule has 2 aromatic carbocycles. The number of ether oxygens (including phenoxy) is 4. The number of carbonyl (C=O) groups excluding carboxylic acids is 2. The number of hydrogen-bond donors (Lipinski definition) is 1. The van der Waals surface area contributed by atoms with Gasteiger partial charge in [-0.15, -0.1) is 0 Å². The maximum Gasteiger partial charge on any atom is 0.227 e. The SMILES string of the molecule is COc1ccc(C(C)NC(=O)C2CC(=O)N(c3cc(OC)ccc3OC)C2)c(OC)c1. The van der Waals surface area contributed by atoms with Gasteiger partial charge >= 0.3 is 0 Å². The molecule has 0 aliphatic carbocycles. The minimum absolute atomic E-state index is 0.124. The molecule has 2 amide bonds. The fourth-order valence-corrected chi connectivity index (χ4v) is 3.71. The maximum atomic E-state index is 12.9. The van der Waals surface area contributed by atoms with Crippen molar-refractivity contribution >= 4 is 17.5 Å². The largest absolute Gasteiger partial charge is 0.497 e. The number of benzene rings is 2. The fraction of sp³-hybridized carbons (Fsp3) is 0.391. The van der Waals surface area contributed by atoms with E-state index in [1.54, 1.807) is 57.6 Å². The van der Waals surface area contributed by atoms with Gasteiger partial charge in [0.2, 0.25) is 11.8 Å². The maximum absolute atomic E-state index is 12.9. The van der Waals surface area contributed by atoms with Gasteiger partial charge in [0.25, 0.3) is 0 Å². The molecule has 2 atom stereocenters. The first-order valence-corrected chi connectivity index (χ1v) is 9.96. The molecule has 1 heterocycles. The summed E-state index contributed by atoms with van der Waals surface area (Å²) < 4.78 is 21.3. The number of nitrogens with one attached hydrogen (secondary N) is 1. The van der Waals surface area contributed by atoms with Crippen molar-refractivity contribution < 1.29 is 28.5 Å². The topological polar surface area (TPSA) is 86.3 Å². The summed E-state index contributed by atoms with van der Waals surface area (Å²) >= 11 is 0. The van der Waals surface area contributed by atoms with Crippen molar-refractivity contribution in [3.05, 3.63) is 42.0 Å². The molecule has 31 heavy (non-hydrogen) atoms. The van der Waals surface area contributed by atoms with E-state index < -0.39 is 5.92 Å². The van der Waals surface area contributed by atoms with Crippen molar-refractivity contribution in [2.45, 2.75) is 19.4 Å². The molecule has 2 aromatic rings. The third kappa shape index (κ3) is 4.68. The van der Waals surface area contributed by atoms with Crippen LogP contribution < -0.4 is 29.2 Å². The predicted octanol–water partition coefficient (Wildman–Crippen LogP) is 2.95. The van der Waals surface area contributed by atoms with Gasteiger partial charge in [0, 0.05) is 30.7 Å². The molecule has 1 aliphatic heterocycles. The lowest BCUT2D eigenvalue weighted by Gasteiger charge is -2.21. The number of amides is 2. The lowest BCUT2D eigenvalue weighted by Crippen LogP contribution is -2.34. The first kappa shape index (κ1) is 22.3. The van der Waals surface area contributed by atoms with Gasteiger partial charge in [-0.1, -0.05) is 0 Å². The second-order valence-electron chi connectivity index (χ2n) is 7.28. The van der Waals surface area contributed by atoms with Crippen LogP contribution in [-0.2, 0) is 9.59 Å². The average Bonchev–Trinajstić information content (AvgIpc) is 3.19. The Kier molecular flexibility index (Phi) is 6.89. The fourth-order valence-electron chi connectivity index (χ4n) is 3.71. The van der Waals surface area contributed by atoms with Gasteiger partial charge in [-0.25, -0.2) is 0 Å². The Labute approximate surface area is 182 Å². The first-order valence-electron chi connectivity index (χ1n) is 9.96.